The van der Waals surface area contributed by atoms with Crippen LogP contribution in [0, 0.1) is 6.92 Å². The Kier molecular flexibility index (Phi) is 7.40. The maximum atomic E-state index is 13.8. The van der Waals surface area contributed by atoms with E-state index in [2.05, 4.69) is 34.2 Å². The maximum absolute atomic E-state index is 13.8. The molecule has 230 valence electrons. The van der Waals surface area contributed by atoms with Crippen LogP contribution in [0.2, 0.25) is 0 Å². The number of hydrogen-bond donors (Lipinski definition) is 2. The molecule has 0 unspecified atom stereocenters. The van der Waals surface area contributed by atoms with Crippen LogP contribution >= 0.6 is 0 Å². The Labute approximate surface area is 257 Å². The first kappa shape index (κ1) is 28.6. The van der Waals surface area contributed by atoms with Crippen LogP contribution in [-0.4, -0.2) is 60.9 Å². The predicted octanol–water partition coefficient (Wildman–Crippen LogP) is 5.07. The topological polar surface area (TPSA) is 120 Å². The summed E-state index contributed by atoms with van der Waals surface area (Å²) in [6.07, 6.45) is 11.7. The molecule has 2 saturated heterocycles. The van der Waals surface area contributed by atoms with E-state index in [-0.39, 0.29) is 36.0 Å². The first-order valence-electron chi connectivity index (χ1n) is 15.9. The molecule has 2 amide bonds. The zero-order valence-electron chi connectivity index (χ0n) is 25.8. The second-order valence-corrected chi connectivity index (χ2v) is 12.6. The van der Waals surface area contributed by atoms with Gasteiger partial charge in [-0.25, -0.2) is 9.97 Å². The van der Waals surface area contributed by atoms with E-state index < -0.39 is 0 Å². The summed E-state index contributed by atoms with van der Waals surface area (Å²) >= 11 is 0. The molecular weight excluding hydrogens is 554 g/mol. The lowest BCUT2D eigenvalue weighted by atomic mass is 9.97. The van der Waals surface area contributed by atoms with E-state index in [1.165, 1.54) is 0 Å². The number of imidazole rings is 1. The number of carbonyl (C=O) groups is 2. The van der Waals surface area contributed by atoms with Gasteiger partial charge in [0.15, 0.2) is 5.88 Å². The number of hydrogen-bond acceptors (Lipinski definition) is 6. The van der Waals surface area contributed by atoms with E-state index >= 15 is 0 Å². The Morgan fingerprint density at radius 2 is 1.95 bits per heavy atom. The molecule has 10 nitrogen and oxygen atoms in total. The van der Waals surface area contributed by atoms with Crippen LogP contribution in [0.3, 0.4) is 0 Å². The smallest absolute Gasteiger partial charge is 0.254 e. The number of allylic oxidation sites excluding steroid dienone is 2. The zero-order chi connectivity index (χ0) is 30.5. The van der Waals surface area contributed by atoms with E-state index in [1.807, 2.05) is 41.3 Å². The molecular formula is C34H41N7O3. The Hall–Kier alpha value is -4.18. The molecule has 44 heavy (non-hydrogen) atoms. The van der Waals surface area contributed by atoms with Crippen molar-refractivity contribution in [3.05, 3.63) is 59.4 Å². The van der Waals surface area contributed by atoms with Gasteiger partial charge < -0.3 is 25.3 Å². The minimum absolute atomic E-state index is 0.00500. The number of rotatable bonds is 3. The van der Waals surface area contributed by atoms with Crippen molar-refractivity contribution in [1.82, 2.24) is 29.2 Å². The Bertz CT molecular complexity index is 1790. The molecule has 10 heteroatoms. The molecule has 0 aliphatic carbocycles. The third kappa shape index (κ3) is 4.85. The fraction of sp³-hybridized carbons (Fsp3) is 0.471. The molecule has 2 fully saturated rings. The summed E-state index contributed by atoms with van der Waals surface area (Å²) in [6, 6.07) is 10.0. The van der Waals surface area contributed by atoms with Crippen molar-refractivity contribution in [3.63, 3.8) is 0 Å². The summed E-state index contributed by atoms with van der Waals surface area (Å²) in [5.74, 6) is 0.624. The SMILES string of the molecule is COc1cc(C(=O)N2[C@H]3CC[C@@H]2[C@H](N)C3)cc2nc(-c3cc4ccc5nc4n3C/C=C\CCCCCC(=O)N[C@@H]5C)c(C)n12. The van der Waals surface area contributed by atoms with Gasteiger partial charge in [-0.1, -0.05) is 18.6 Å². The van der Waals surface area contributed by atoms with E-state index in [0.29, 0.717) is 30.1 Å². The van der Waals surface area contributed by atoms with Gasteiger partial charge in [0.2, 0.25) is 5.91 Å². The number of fused-ring (bicyclic) bond motifs is 4. The van der Waals surface area contributed by atoms with Crippen molar-refractivity contribution >= 4 is 28.5 Å². The number of ether oxygens (including phenoxy) is 1. The summed E-state index contributed by atoms with van der Waals surface area (Å²) in [5.41, 5.74) is 11.9. The van der Waals surface area contributed by atoms with Crippen LogP contribution in [0.5, 0.6) is 5.88 Å². The Morgan fingerprint density at radius 1 is 1.09 bits per heavy atom. The third-order valence-electron chi connectivity index (χ3n) is 9.75. The molecule has 4 aromatic heterocycles. The van der Waals surface area contributed by atoms with Crippen molar-refractivity contribution in [3.8, 4) is 17.3 Å². The zero-order valence-corrected chi connectivity index (χ0v) is 25.8. The number of carbonyl (C=O) groups excluding carboxylic acids is 2. The highest BCUT2D eigenvalue weighted by Gasteiger charge is 2.47. The number of amides is 2. The van der Waals surface area contributed by atoms with Crippen molar-refractivity contribution in [1.29, 1.82) is 0 Å². The highest BCUT2D eigenvalue weighted by Crippen LogP contribution is 2.39. The first-order valence-corrected chi connectivity index (χ1v) is 15.9. The molecule has 0 saturated carbocycles. The highest BCUT2D eigenvalue weighted by molar-refractivity contribution is 5.97. The van der Waals surface area contributed by atoms with Crippen LogP contribution < -0.4 is 15.8 Å². The largest absolute Gasteiger partial charge is 0.482 e. The number of methoxy groups -OCH3 is 1. The number of nitrogens with one attached hydrogen (secondary N) is 1. The summed E-state index contributed by atoms with van der Waals surface area (Å²) in [4.78, 5) is 38.5. The van der Waals surface area contributed by atoms with E-state index in [9.17, 15) is 9.59 Å². The van der Waals surface area contributed by atoms with Gasteiger partial charge in [0.25, 0.3) is 5.91 Å². The van der Waals surface area contributed by atoms with Gasteiger partial charge >= 0.3 is 0 Å². The second-order valence-electron chi connectivity index (χ2n) is 12.6. The number of nitrogens with two attached hydrogens (primary N) is 1. The second kappa shape index (κ2) is 11.4. The lowest BCUT2D eigenvalue weighted by Gasteiger charge is -2.23. The standard InChI is InChI=1S/C34H41N7O3/c1-20-26-13-11-22-16-28(39(33(22)37-26)15-9-7-5-4-6-8-10-30(42)36-20)32-21(2)40-29(38-32)17-23(18-31(40)44-3)34(43)41-24-12-14-27(41)25(35)19-24/h7,9,11,13,16-18,20,24-25,27H,4-6,8,10,12,14-15,19,35H2,1-3H3,(H,36,42)/b9-7-/t20-,24+,25-,27-/m1/s1. The van der Waals surface area contributed by atoms with Crippen LogP contribution in [0.1, 0.15) is 86.1 Å². The summed E-state index contributed by atoms with van der Waals surface area (Å²) in [5, 5.41) is 4.12. The number of nitrogens with zero attached hydrogens (tertiary/aromatic N) is 5. The maximum Gasteiger partial charge on any atom is 0.254 e. The van der Waals surface area contributed by atoms with Crippen LogP contribution in [0.4, 0.5) is 0 Å². The average Bonchev–Trinajstić information content (AvgIpc) is 3.76. The Morgan fingerprint density at radius 3 is 2.73 bits per heavy atom. The third-order valence-corrected chi connectivity index (χ3v) is 9.75. The van der Waals surface area contributed by atoms with E-state index in [0.717, 1.165) is 78.8 Å². The van der Waals surface area contributed by atoms with Gasteiger partial charge in [0, 0.05) is 48.1 Å². The molecule has 3 aliphatic heterocycles. The normalized spacial score (nSPS) is 24.9. The van der Waals surface area contributed by atoms with Gasteiger partial charge in [-0.05, 0) is 76.6 Å². The molecule has 7 heterocycles. The monoisotopic (exact) mass is 595 g/mol. The number of aromatic nitrogens is 4. The minimum Gasteiger partial charge on any atom is -0.482 e. The quantitative estimate of drug-likeness (QED) is 0.319. The van der Waals surface area contributed by atoms with E-state index in [1.54, 1.807) is 7.11 Å². The van der Waals surface area contributed by atoms with E-state index in [4.69, 9.17) is 20.4 Å². The fourth-order valence-corrected chi connectivity index (χ4v) is 7.47. The first-order chi connectivity index (χ1) is 21.3. The van der Waals surface area contributed by atoms with Crippen molar-refractivity contribution in [2.45, 2.75) is 95.9 Å². The minimum atomic E-state index is -0.197. The molecule has 0 spiro atoms. The van der Waals surface area contributed by atoms with Crippen molar-refractivity contribution < 1.29 is 14.3 Å². The molecule has 3 aliphatic rings. The molecule has 4 atom stereocenters. The summed E-state index contributed by atoms with van der Waals surface area (Å²) < 4.78 is 10.0. The lowest BCUT2D eigenvalue weighted by molar-refractivity contribution is -0.121. The van der Waals surface area contributed by atoms with Gasteiger partial charge in [-0.2, -0.15) is 0 Å². The van der Waals surface area contributed by atoms with Gasteiger partial charge in [0.1, 0.15) is 17.0 Å². The van der Waals surface area contributed by atoms with Gasteiger partial charge in [-0.15, -0.1) is 0 Å². The molecule has 0 aromatic carbocycles. The predicted molar refractivity (Wildman–Crippen MR) is 170 cm³/mol. The van der Waals surface area contributed by atoms with Crippen molar-refractivity contribution in [2.24, 2.45) is 5.73 Å². The molecule has 3 N–H and O–H groups in total. The average molecular weight is 596 g/mol. The van der Waals surface area contributed by atoms with Crippen LogP contribution in [0.15, 0.2) is 42.5 Å². The Balaban J connectivity index is 1.33. The van der Waals surface area contributed by atoms with Crippen LogP contribution in [-0.2, 0) is 11.3 Å². The highest BCUT2D eigenvalue weighted by atomic mass is 16.5. The van der Waals surface area contributed by atoms with Gasteiger partial charge in [0.05, 0.1) is 30.2 Å². The molecule has 0 radical (unpaired) electrons. The summed E-state index contributed by atoms with van der Waals surface area (Å²) in [6.45, 7) is 4.65. The molecule has 4 aromatic rings. The molecule has 7 rings (SSSR count). The number of aryl methyl sites for hydroxylation is 1. The van der Waals surface area contributed by atoms with Gasteiger partial charge in [-0.3, -0.25) is 14.0 Å². The van der Waals surface area contributed by atoms with Crippen LogP contribution in [0.25, 0.3) is 28.1 Å². The molecule has 4 bridgehead atoms. The number of pyridine rings is 2. The van der Waals surface area contributed by atoms with Crippen molar-refractivity contribution in [2.75, 3.05) is 7.11 Å². The lowest BCUT2D eigenvalue weighted by Crippen LogP contribution is -2.40. The summed E-state index contributed by atoms with van der Waals surface area (Å²) in [7, 11) is 1.63. The fourth-order valence-electron chi connectivity index (χ4n) is 7.47.